The number of rotatable bonds is 5. The third-order valence-corrected chi connectivity index (χ3v) is 7.08. The van der Waals surface area contributed by atoms with Gasteiger partial charge in [0.2, 0.25) is 0 Å². The minimum Gasteiger partial charge on any atom is -0.369 e. The van der Waals surface area contributed by atoms with Crippen LogP contribution in [0.2, 0.25) is 5.02 Å². The highest BCUT2D eigenvalue weighted by molar-refractivity contribution is 7.98. The number of alkyl halides is 6. The van der Waals surface area contributed by atoms with Gasteiger partial charge in [0, 0.05) is 11.3 Å². The van der Waals surface area contributed by atoms with Crippen LogP contribution < -0.4 is 5.01 Å². The number of hydrogen-bond donors (Lipinski definition) is 1. The van der Waals surface area contributed by atoms with E-state index in [2.05, 4.69) is 5.10 Å². The summed E-state index contributed by atoms with van der Waals surface area (Å²) in [6.07, 6.45) is -11.0. The molecule has 0 aliphatic carbocycles. The Kier molecular flexibility index (Phi) is 7.07. The molecule has 1 aliphatic rings. The van der Waals surface area contributed by atoms with E-state index in [0.29, 0.717) is 5.56 Å². The predicted octanol–water partition coefficient (Wildman–Crippen LogP) is 7.89. The molecule has 0 amide bonds. The van der Waals surface area contributed by atoms with Crippen molar-refractivity contribution in [1.29, 1.82) is 0 Å². The normalized spacial score (nSPS) is 16.9. The molecular weight excluding hydrogens is 526 g/mol. The van der Waals surface area contributed by atoms with E-state index in [0.717, 1.165) is 21.0 Å². The van der Waals surface area contributed by atoms with Gasteiger partial charge in [-0.15, -0.1) is 11.8 Å². The molecule has 0 saturated heterocycles. The lowest BCUT2D eigenvalue weighted by atomic mass is 9.89. The summed E-state index contributed by atoms with van der Waals surface area (Å²) in [5, 5.41) is 14.7. The van der Waals surface area contributed by atoms with E-state index in [4.69, 9.17) is 11.6 Å². The maximum absolute atomic E-state index is 13.6. The van der Waals surface area contributed by atoms with Crippen LogP contribution in [0.15, 0.2) is 82.8 Å². The number of thioether (sulfide) groups is 1. The summed E-state index contributed by atoms with van der Waals surface area (Å²) < 4.78 is 81.6. The number of aliphatic hydroxyl groups is 1. The SMILES string of the molecule is CSc1ccccc1-c1ccc(C2CC(C(O)(C(F)(F)F)C(F)(F)F)=NN2c2ccccc2Cl)cc1. The van der Waals surface area contributed by atoms with Crippen LogP contribution in [0.1, 0.15) is 18.0 Å². The molecule has 0 aromatic heterocycles. The zero-order valence-electron chi connectivity index (χ0n) is 18.6. The highest BCUT2D eigenvalue weighted by atomic mass is 35.5. The van der Waals surface area contributed by atoms with Crippen LogP contribution in [0.25, 0.3) is 11.1 Å². The smallest absolute Gasteiger partial charge is 0.369 e. The molecule has 0 radical (unpaired) electrons. The molecule has 11 heteroatoms. The quantitative estimate of drug-likeness (QED) is 0.262. The molecular formula is C25H19ClF6N2OS. The first-order valence-electron chi connectivity index (χ1n) is 10.6. The summed E-state index contributed by atoms with van der Waals surface area (Å²) in [5.74, 6) is 0. The first kappa shape index (κ1) is 26.4. The van der Waals surface area contributed by atoms with Crippen molar-refractivity contribution in [3.8, 4) is 11.1 Å². The Bertz CT molecular complexity index is 1260. The van der Waals surface area contributed by atoms with Crippen LogP contribution in [0, 0.1) is 0 Å². The van der Waals surface area contributed by atoms with Crippen molar-refractivity contribution < 1.29 is 31.4 Å². The molecule has 3 aromatic rings. The average molecular weight is 545 g/mol. The van der Waals surface area contributed by atoms with Gasteiger partial charge < -0.3 is 5.11 Å². The first-order valence-corrected chi connectivity index (χ1v) is 12.2. The molecule has 1 heterocycles. The lowest BCUT2D eigenvalue weighted by molar-refractivity contribution is -0.338. The number of hydrogen-bond acceptors (Lipinski definition) is 4. The Hall–Kier alpha value is -2.69. The fourth-order valence-electron chi connectivity index (χ4n) is 4.10. The molecule has 1 N–H and O–H groups in total. The van der Waals surface area contributed by atoms with Gasteiger partial charge in [0.25, 0.3) is 5.60 Å². The fourth-order valence-corrected chi connectivity index (χ4v) is 4.95. The predicted molar refractivity (Wildman–Crippen MR) is 129 cm³/mol. The van der Waals surface area contributed by atoms with Gasteiger partial charge >= 0.3 is 12.4 Å². The largest absolute Gasteiger partial charge is 0.431 e. The number of halogens is 7. The van der Waals surface area contributed by atoms with E-state index < -0.39 is 36.1 Å². The Balaban J connectivity index is 1.79. The number of para-hydroxylation sites is 1. The molecule has 0 bridgehead atoms. The third-order valence-electron chi connectivity index (χ3n) is 5.96. The topological polar surface area (TPSA) is 35.8 Å². The maximum atomic E-state index is 13.6. The van der Waals surface area contributed by atoms with Crippen LogP contribution in [-0.4, -0.2) is 35.0 Å². The summed E-state index contributed by atoms with van der Waals surface area (Å²) >= 11 is 7.76. The molecule has 0 saturated carbocycles. The Labute approximate surface area is 212 Å². The van der Waals surface area contributed by atoms with E-state index in [1.165, 1.54) is 18.2 Å². The van der Waals surface area contributed by atoms with Gasteiger partial charge in [-0.3, -0.25) is 5.01 Å². The van der Waals surface area contributed by atoms with Crippen molar-refractivity contribution in [3.63, 3.8) is 0 Å². The Morgan fingerprint density at radius 3 is 2.06 bits per heavy atom. The zero-order chi connectivity index (χ0) is 26.3. The van der Waals surface area contributed by atoms with Crippen LogP contribution in [-0.2, 0) is 0 Å². The van der Waals surface area contributed by atoms with Gasteiger partial charge in [-0.2, -0.15) is 31.4 Å². The second-order valence-corrected chi connectivity index (χ2v) is 9.35. The van der Waals surface area contributed by atoms with Crippen molar-refractivity contribution in [2.24, 2.45) is 5.10 Å². The van der Waals surface area contributed by atoms with Crippen LogP contribution in [0.4, 0.5) is 32.0 Å². The Morgan fingerprint density at radius 1 is 0.889 bits per heavy atom. The van der Waals surface area contributed by atoms with Crippen LogP contribution in [0.5, 0.6) is 0 Å². The van der Waals surface area contributed by atoms with Gasteiger partial charge in [0.15, 0.2) is 0 Å². The maximum Gasteiger partial charge on any atom is 0.431 e. The lowest BCUT2D eigenvalue weighted by Gasteiger charge is -2.32. The molecule has 0 spiro atoms. The van der Waals surface area contributed by atoms with Crippen molar-refractivity contribution in [3.05, 3.63) is 83.4 Å². The summed E-state index contributed by atoms with van der Waals surface area (Å²) in [7, 11) is 0. The highest BCUT2D eigenvalue weighted by Gasteiger charge is 2.74. The number of anilines is 1. The molecule has 3 nitrogen and oxygen atoms in total. The van der Waals surface area contributed by atoms with Gasteiger partial charge in [0.1, 0.15) is 0 Å². The fraction of sp³-hybridized carbons (Fsp3) is 0.240. The van der Waals surface area contributed by atoms with E-state index >= 15 is 0 Å². The highest BCUT2D eigenvalue weighted by Crippen LogP contribution is 2.49. The number of hydrazone groups is 1. The van der Waals surface area contributed by atoms with Gasteiger partial charge in [-0.25, -0.2) is 0 Å². The van der Waals surface area contributed by atoms with E-state index in [-0.39, 0.29) is 10.7 Å². The third kappa shape index (κ3) is 4.57. The van der Waals surface area contributed by atoms with Gasteiger partial charge in [-0.05, 0) is 41.1 Å². The minimum absolute atomic E-state index is 0.0839. The molecule has 190 valence electrons. The van der Waals surface area contributed by atoms with Crippen LogP contribution in [0.3, 0.4) is 0 Å². The first-order chi connectivity index (χ1) is 16.9. The van der Waals surface area contributed by atoms with E-state index in [1.807, 2.05) is 30.5 Å². The van der Waals surface area contributed by atoms with E-state index in [9.17, 15) is 31.4 Å². The standard InChI is InChI=1S/C25H19ClF6N2OS/c1-36-21-9-5-2-6-17(21)15-10-12-16(13-11-15)20-14-22(23(35,24(27,28)29)25(30,31)32)33-34(20)19-8-4-3-7-18(19)26/h2-13,20,35H,14H2,1H3. The van der Waals surface area contributed by atoms with Gasteiger partial charge in [0.05, 0.1) is 22.5 Å². The zero-order valence-corrected chi connectivity index (χ0v) is 20.2. The summed E-state index contributed by atoms with van der Waals surface area (Å²) in [5.41, 5.74) is -4.27. The minimum atomic E-state index is -6.03. The lowest BCUT2D eigenvalue weighted by Crippen LogP contribution is -2.62. The molecule has 4 rings (SSSR count). The summed E-state index contributed by atoms with van der Waals surface area (Å²) in [6.45, 7) is 0. The van der Waals surface area contributed by atoms with Crippen molar-refractivity contribution in [2.45, 2.75) is 35.3 Å². The molecule has 0 fully saturated rings. The van der Waals surface area contributed by atoms with Crippen molar-refractivity contribution >= 4 is 34.8 Å². The summed E-state index contributed by atoms with van der Waals surface area (Å²) in [4.78, 5) is 1.01. The molecule has 1 atom stereocenters. The second-order valence-electron chi connectivity index (χ2n) is 8.09. The van der Waals surface area contributed by atoms with Crippen molar-refractivity contribution in [1.82, 2.24) is 0 Å². The van der Waals surface area contributed by atoms with Crippen molar-refractivity contribution in [2.75, 3.05) is 11.3 Å². The average Bonchev–Trinajstić information content (AvgIpc) is 3.28. The molecule has 36 heavy (non-hydrogen) atoms. The molecule has 1 unspecified atom stereocenters. The monoisotopic (exact) mass is 544 g/mol. The molecule has 1 aliphatic heterocycles. The number of benzene rings is 3. The Morgan fingerprint density at radius 2 is 1.47 bits per heavy atom. The molecule has 3 aromatic carbocycles. The number of nitrogens with zero attached hydrogens (tertiary/aromatic N) is 2. The van der Waals surface area contributed by atoms with E-state index in [1.54, 1.807) is 42.1 Å². The van der Waals surface area contributed by atoms with Crippen LogP contribution >= 0.6 is 23.4 Å². The van der Waals surface area contributed by atoms with Gasteiger partial charge in [-0.1, -0.05) is 66.2 Å². The second kappa shape index (κ2) is 9.64. The summed E-state index contributed by atoms with van der Waals surface area (Å²) in [6, 6.07) is 19.3.